The van der Waals surface area contributed by atoms with Gasteiger partial charge in [0.1, 0.15) is 4.75 Å². The lowest BCUT2D eigenvalue weighted by molar-refractivity contribution is -0.144. The highest BCUT2D eigenvalue weighted by atomic mass is 32.2. The molecule has 1 aromatic carbocycles. The van der Waals surface area contributed by atoms with E-state index in [4.69, 9.17) is 4.74 Å². The largest absolute Gasteiger partial charge is 0.465 e. The van der Waals surface area contributed by atoms with Gasteiger partial charge in [0.25, 0.3) is 0 Å². The van der Waals surface area contributed by atoms with Crippen molar-refractivity contribution < 1.29 is 9.53 Å². The number of thioether (sulfide) groups is 1. The summed E-state index contributed by atoms with van der Waals surface area (Å²) in [5, 5.41) is 0. The lowest BCUT2D eigenvalue weighted by atomic mass is 10.1. The summed E-state index contributed by atoms with van der Waals surface area (Å²) in [5.41, 5.74) is 0.0275. The van der Waals surface area contributed by atoms with Crippen LogP contribution in [0, 0.1) is 5.41 Å². The topological polar surface area (TPSA) is 26.3 Å². The minimum atomic E-state index is -0.385. The van der Waals surface area contributed by atoms with Gasteiger partial charge in [-0.1, -0.05) is 32.0 Å². The Kier molecular flexibility index (Phi) is 3.21. The molecule has 0 aliphatic heterocycles. The molecule has 0 aromatic heterocycles. The van der Waals surface area contributed by atoms with Crippen molar-refractivity contribution >= 4 is 17.7 Å². The molecular formula is C14H18O2S. The van der Waals surface area contributed by atoms with E-state index in [1.165, 1.54) is 0 Å². The molecule has 0 N–H and O–H groups in total. The van der Waals surface area contributed by atoms with Crippen molar-refractivity contribution in [3.05, 3.63) is 30.3 Å². The van der Waals surface area contributed by atoms with Crippen molar-refractivity contribution in [3.8, 4) is 0 Å². The first-order valence-electron chi connectivity index (χ1n) is 5.93. The summed E-state index contributed by atoms with van der Waals surface area (Å²) in [7, 11) is 0. The first-order chi connectivity index (χ1) is 8.02. The van der Waals surface area contributed by atoms with Crippen molar-refractivity contribution in [2.75, 3.05) is 6.61 Å². The maximum Gasteiger partial charge on any atom is 0.323 e. The molecule has 2 nitrogen and oxygen atoms in total. The molecule has 1 atom stereocenters. The van der Waals surface area contributed by atoms with E-state index in [0.717, 1.165) is 11.3 Å². The molecule has 1 aliphatic rings. The van der Waals surface area contributed by atoms with Gasteiger partial charge in [0.15, 0.2) is 0 Å². The van der Waals surface area contributed by atoms with Gasteiger partial charge in [-0.25, -0.2) is 0 Å². The van der Waals surface area contributed by atoms with Crippen LogP contribution in [0.2, 0.25) is 0 Å². The van der Waals surface area contributed by atoms with Crippen LogP contribution in [-0.4, -0.2) is 17.3 Å². The summed E-state index contributed by atoms with van der Waals surface area (Å²) < 4.78 is 4.83. The Labute approximate surface area is 107 Å². The van der Waals surface area contributed by atoms with Gasteiger partial charge in [0.05, 0.1) is 6.61 Å². The fourth-order valence-electron chi connectivity index (χ4n) is 2.08. The molecule has 0 amide bonds. The van der Waals surface area contributed by atoms with Crippen LogP contribution in [0.5, 0.6) is 0 Å². The van der Waals surface area contributed by atoms with Gasteiger partial charge in [-0.2, -0.15) is 0 Å². The SMILES string of the molecule is CCOC(=O)C1(Sc2ccccc2)CC1(C)C. The molecule has 1 unspecified atom stereocenters. The molecule has 1 saturated carbocycles. The third-order valence-corrected chi connectivity index (χ3v) is 5.02. The lowest BCUT2D eigenvalue weighted by Crippen LogP contribution is -2.27. The second-order valence-electron chi connectivity index (χ2n) is 5.02. The van der Waals surface area contributed by atoms with E-state index in [1.807, 2.05) is 37.3 Å². The molecule has 0 spiro atoms. The predicted molar refractivity (Wildman–Crippen MR) is 70.1 cm³/mol. The van der Waals surface area contributed by atoms with E-state index in [1.54, 1.807) is 11.8 Å². The van der Waals surface area contributed by atoms with Crippen LogP contribution in [0.3, 0.4) is 0 Å². The summed E-state index contributed by atoms with van der Waals surface area (Å²) in [6.45, 7) is 6.56. The second-order valence-corrected chi connectivity index (χ2v) is 6.40. The van der Waals surface area contributed by atoms with E-state index in [-0.39, 0.29) is 16.1 Å². The monoisotopic (exact) mass is 250 g/mol. The Morgan fingerprint density at radius 3 is 2.41 bits per heavy atom. The number of esters is 1. The van der Waals surface area contributed by atoms with E-state index < -0.39 is 0 Å². The highest BCUT2D eigenvalue weighted by molar-refractivity contribution is 8.01. The van der Waals surface area contributed by atoms with Crippen LogP contribution in [0.15, 0.2) is 35.2 Å². The van der Waals surface area contributed by atoms with Crippen LogP contribution in [0.25, 0.3) is 0 Å². The van der Waals surface area contributed by atoms with Crippen molar-refractivity contribution in [1.29, 1.82) is 0 Å². The highest BCUT2D eigenvalue weighted by Gasteiger charge is 2.68. The van der Waals surface area contributed by atoms with Gasteiger partial charge < -0.3 is 4.74 Å². The molecule has 3 heteroatoms. The van der Waals surface area contributed by atoms with E-state index in [2.05, 4.69) is 13.8 Å². The van der Waals surface area contributed by atoms with Crippen LogP contribution >= 0.6 is 11.8 Å². The summed E-state index contributed by atoms with van der Waals surface area (Å²) in [6, 6.07) is 10.1. The van der Waals surface area contributed by atoms with Crippen LogP contribution < -0.4 is 0 Å². The summed E-state index contributed by atoms with van der Waals surface area (Å²) in [6.07, 6.45) is 0.887. The molecule has 1 aromatic rings. The summed E-state index contributed by atoms with van der Waals surface area (Å²) in [5.74, 6) is -0.0705. The number of hydrogen-bond acceptors (Lipinski definition) is 3. The second kappa shape index (κ2) is 4.37. The molecule has 0 bridgehead atoms. The third-order valence-electron chi connectivity index (χ3n) is 3.30. The number of rotatable bonds is 4. The molecule has 1 fully saturated rings. The smallest absolute Gasteiger partial charge is 0.323 e. The molecule has 0 heterocycles. The molecule has 1 aliphatic carbocycles. The third kappa shape index (κ3) is 2.21. The van der Waals surface area contributed by atoms with Crippen molar-refractivity contribution in [3.63, 3.8) is 0 Å². The normalized spacial score (nSPS) is 25.4. The predicted octanol–water partition coefficient (Wildman–Crippen LogP) is 3.51. The Hall–Kier alpha value is -0.960. The van der Waals surface area contributed by atoms with E-state index in [0.29, 0.717) is 6.61 Å². The highest BCUT2D eigenvalue weighted by Crippen LogP contribution is 2.66. The van der Waals surface area contributed by atoms with Gasteiger partial charge in [0.2, 0.25) is 0 Å². The minimum absolute atomic E-state index is 0.0275. The molecule has 92 valence electrons. The fourth-order valence-corrected chi connectivity index (χ4v) is 3.63. The standard InChI is InChI=1S/C14H18O2S/c1-4-16-12(15)14(10-13(14,2)3)17-11-8-6-5-7-9-11/h5-9H,4,10H2,1-3H3. The zero-order chi connectivity index (χ0) is 12.5. The Bertz CT molecular complexity index is 413. The summed E-state index contributed by atoms with van der Waals surface area (Å²) in [4.78, 5) is 13.2. The van der Waals surface area contributed by atoms with Gasteiger partial charge >= 0.3 is 5.97 Å². The van der Waals surface area contributed by atoms with Gasteiger partial charge in [0, 0.05) is 4.90 Å². The maximum absolute atomic E-state index is 12.1. The average Bonchev–Trinajstić information content (AvgIpc) is 2.83. The molecule has 0 radical (unpaired) electrons. The summed E-state index contributed by atoms with van der Waals surface area (Å²) >= 11 is 1.64. The van der Waals surface area contributed by atoms with Crippen LogP contribution in [0.1, 0.15) is 27.2 Å². The number of carbonyl (C=O) groups excluding carboxylic acids is 1. The average molecular weight is 250 g/mol. The molecule has 2 rings (SSSR count). The molecule has 0 saturated heterocycles. The number of benzene rings is 1. The molecular weight excluding hydrogens is 232 g/mol. The molecule has 17 heavy (non-hydrogen) atoms. The van der Waals surface area contributed by atoms with Crippen LogP contribution in [0.4, 0.5) is 0 Å². The number of hydrogen-bond donors (Lipinski definition) is 0. The quantitative estimate of drug-likeness (QED) is 0.765. The first-order valence-corrected chi connectivity index (χ1v) is 6.75. The van der Waals surface area contributed by atoms with Gasteiger partial charge in [-0.3, -0.25) is 4.79 Å². The lowest BCUT2D eigenvalue weighted by Gasteiger charge is -2.18. The Morgan fingerprint density at radius 2 is 1.94 bits per heavy atom. The van der Waals surface area contributed by atoms with Gasteiger partial charge in [-0.05, 0) is 30.9 Å². The van der Waals surface area contributed by atoms with Crippen molar-refractivity contribution in [2.45, 2.75) is 36.8 Å². The fraction of sp³-hybridized carbons (Fsp3) is 0.500. The zero-order valence-corrected chi connectivity index (χ0v) is 11.3. The maximum atomic E-state index is 12.1. The Balaban J connectivity index is 2.18. The van der Waals surface area contributed by atoms with E-state index >= 15 is 0 Å². The zero-order valence-electron chi connectivity index (χ0n) is 10.5. The number of ether oxygens (including phenoxy) is 1. The van der Waals surface area contributed by atoms with E-state index in [9.17, 15) is 4.79 Å². The Morgan fingerprint density at radius 1 is 1.35 bits per heavy atom. The van der Waals surface area contributed by atoms with Crippen LogP contribution in [-0.2, 0) is 9.53 Å². The van der Waals surface area contributed by atoms with Gasteiger partial charge in [-0.15, -0.1) is 11.8 Å². The first kappa shape index (κ1) is 12.5. The van der Waals surface area contributed by atoms with Crippen molar-refractivity contribution in [1.82, 2.24) is 0 Å². The number of carbonyl (C=O) groups is 1. The minimum Gasteiger partial charge on any atom is -0.465 e. The van der Waals surface area contributed by atoms with Crippen molar-refractivity contribution in [2.24, 2.45) is 5.41 Å².